The van der Waals surface area contributed by atoms with E-state index in [4.69, 9.17) is 11.3 Å². The summed E-state index contributed by atoms with van der Waals surface area (Å²) in [4.78, 5) is 39.1. The Kier molecular flexibility index (Phi) is 11.7. The van der Waals surface area contributed by atoms with Crippen LogP contribution in [0.3, 0.4) is 0 Å². The molecule has 5 N–H and O–H groups in total. The van der Waals surface area contributed by atoms with Crippen LogP contribution < -0.4 is 21.7 Å². The molecule has 0 aliphatic heterocycles. The van der Waals surface area contributed by atoms with Gasteiger partial charge in [-0.25, -0.2) is 0 Å². The first-order chi connectivity index (χ1) is 14.8. The molecule has 0 fully saturated rings. The van der Waals surface area contributed by atoms with Crippen molar-refractivity contribution in [3.05, 3.63) is 45.8 Å². The number of amides is 3. The fourth-order valence-corrected chi connectivity index (χ4v) is 3.09. The largest absolute Gasteiger partial charge is 0.368 e. The predicted octanol–water partition coefficient (Wildman–Crippen LogP) is 2.00. The minimum absolute atomic E-state index is 0.184. The van der Waals surface area contributed by atoms with Gasteiger partial charge in [-0.05, 0) is 61.9 Å². The van der Waals surface area contributed by atoms with Crippen molar-refractivity contribution in [2.75, 3.05) is 13.6 Å². The molecule has 10 heteroatoms. The lowest BCUT2D eigenvalue weighted by atomic mass is 10.0. The van der Waals surface area contributed by atoms with Gasteiger partial charge in [-0.2, -0.15) is 0 Å². The van der Waals surface area contributed by atoms with Crippen molar-refractivity contribution in [3.8, 4) is 0 Å². The zero-order chi connectivity index (χ0) is 23.2. The van der Waals surface area contributed by atoms with Gasteiger partial charge in [0, 0.05) is 17.0 Å². The van der Waals surface area contributed by atoms with Gasteiger partial charge >= 0.3 is 0 Å². The van der Waals surface area contributed by atoms with Crippen LogP contribution in [0.15, 0.2) is 29.4 Å². The molecule has 0 unspecified atom stereocenters. The lowest BCUT2D eigenvalue weighted by Gasteiger charge is -2.21. The van der Waals surface area contributed by atoms with Crippen molar-refractivity contribution < 1.29 is 14.4 Å². The predicted molar refractivity (Wildman–Crippen MR) is 119 cm³/mol. The summed E-state index contributed by atoms with van der Waals surface area (Å²) in [5.41, 5.74) is 15.1. The number of hydrogen-bond donors (Lipinski definition) is 4. The summed E-state index contributed by atoms with van der Waals surface area (Å²) in [6.07, 6.45) is 2.30. The number of benzene rings is 1. The number of nitrogens with one attached hydrogen (secondary N) is 3. The minimum atomic E-state index is -0.747. The minimum Gasteiger partial charge on any atom is -0.368 e. The second kappa shape index (κ2) is 14.0. The van der Waals surface area contributed by atoms with E-state index in [1.165, 1.54) is 0 Å². The van der Waals surface area contributed by atoms with Crippen LogP contribution in [-0.2, 0) is 16.1 Å². The molecule has 0 aromatic heterocycles. The Morgan fingerprint density at radius 3 is 2.55 bits per heavy atom. The third-order valence-electron chi connectivity index (χ3n) is 4.74. The summed E-state index contributed by atoms with van der Waals surface area (Å²) >= 11 is 0. The summed E-state index contributed by atoms with van der Waals surface area (Å²) < 4.78 is 0. The smallest absolute Gasteiger partial charge is 0.251 e. The van der Waals surface area contributed by atoms with Gasteiger partial charge in [-0.1, -0.05) is 31.1 Å². The second-order valence-corrected chi connectivity index (χ2v) is 7.78. The highest BCUT2D eigenvalue weighted by Gasteiger charge is 2.23. The Hall–Kier alpha value is -3.10. The number of carbonyl (C=O) groups excluding carboxylic acids is 3. The highest BCUT2D eigenvalue weighted by Crippen LogP contribution is 2.08. The van der Waals surface area contributed by atoms with Gasteiger partial charge in [0.25, 0.3) is 5.91 Å². The molecule has 0 spiro atoms. The number of nitrogens with two attached hydrogens (primary N) is 1. The fourth-order valence-electron chi connectivity index (χ4n) is 3.09. The standard InChI is InChI=1S/C21H33N7O3/c1-14(2)11-18(24-3)21(31)27-17(19(22)29)9-4-5-10-25-20(30)16-8-6-7-15(12-16)13-26-28-23/h6-8,12,14,17-18,24H,4-5,9-11,13H2,1-3H3,(H2,22,29)(H,25,30)(H,27,31)/t17-,18-/m0/s1. The Morgan fingerprint density at radius 1 is 1.19 bits per heavy atom. The van der Waals surface area contributed by atoms with Crippen LogP contribution in [0.4, 0.5) is 0 Å². The maximum Gasteiger partial charge on any atom is 0.251 e. The first kappa shape index (κ1) is 25.9. The lowest BCUT2D eigenvalue weighted by Crippen LogP contribution is -2.51. The van der Waals surface area contributed by atoms with Gasteiger partial charge in [0.2, 0.25) is 11.8 Å². The van der Waals surface area contributed by atoms with Gasteiger partial charge in [0.05, 0.1) is 12.6 Å². The van der Waals surface area contributed by atoms with Crippen LogP contribution in [0, 0.1) is 5.92 Å². The fraction of sp³-hybridized carbons (Fsp3) is 0.571. The number of rotatable bonds is 14. The lowest BCUT2D eigenvalue weighted by molar-refractivity contribution is -0.129. The molecule has 1 aromatic carbocycles. The second-order valence-electron chi connectivity index (χ2n) is 7.78. The van der Waals surface area contributed by atoms with Crippen LogP contribution in [0.2, 0.25) is 0 Å². The average Bonchev–Trinajstić information content (AvgIpc) is 2.74. The summed E-state index contributed by atoms with van der Waals surface area (Å²) in [7, 11) is 1.71. The Morgan fingerprint density at radius 2 is 1.94 bits per heavy atom. The number of carbonyl (C=O) groups is 3. The maximum atomic E-state index is 12.4. The van der Waals surface area contributed by atoms with E-state index in [0.29, 0.717) is 43.7 Å². The van der Waals surface area contributed by atoms with Crippen LogP contribution in [0.1, 0.15) is 55.5 Å². The zero-order valence-corrected chi connectivity index (χ0v) is 18.4. The van der Waals surface area contributed by atoms with Gasteiger partial charge in [-0.3, -0.25) is 14.4 Å². The SMILES string of the molecule is CN[C@@H](CC(C)C)C(=O)N[C@@H](CCCCNC(=O)c1cccc(CN=[N+]=[N-])c1)C(N)=O. The van der Waals surface area contributed by atoms with Crippen molar-refractivity contribution >= 4 is 17.7 Å². The van der Waals surface area contributed by atoms with E-state index in [-0.39, 0.29) is 24.4 Å². The number of azide groups is 1. The molecule has 31 heavy (non-hydrogen) atoms. The summed E-state index contributed by atoms with van der Waals surface area (Å²) in [5.74, 6) is -0.714. The van der Waals surface area contributed by atoms with Crippen molar-refractivity contribution in [1.29, 1.82) is 0 Å². The third-order valence-corrected chi connectivity index (χ3v) is 4.74. The van der Waals surface area contributed by atoms with E-state index in [2.05, 4.69) is 26.0 Å². The molecule has 10 nitrogen and oxygen atoms in total. The molecule has 0 bridgehead atoms. The molecule has 0 heterocycles. The third kappa shape index (κ3) is 9.97. The molecular formula is C21H33N7O3. The van der Waals surface area contributed by atoms with E-state index >= 15 is 0 Å². The average molecular weight is 432 g/mol. The van der Waals surface area contributed by atoms with Crippen LogP contribution >= 0.6 is 0 Å². The van der Waals surface area contributed by atoms with Crippen molar-refractivity contribution in [3.63, 3.8) is 0 Å². The molecule has 3 amide bonds. The van der Waals surface area contributed by atoms with Gasteiger partial charge < -0.3 is 21.7 Å². The number of likely N-dealkylation sites (N-methyl/N-ethyl adjacent to an activating group) is 1. The van der Waals surface area contributed by atoms with E-state index in [9.17, 15) is 14.4 Å². The number of hydrogen-bond acceptors (Lipinski definition) is 5. The molecule has 0 radical (unpaired) electrons. The molecule has 1 aromatic rings. The van der Waals surface area contributed by atoms with Crippen LogP contribution in [-0.4, -0.2) is 43.4 Å². The first-order valence-electron chi connectivity index (χ1n) is 10.4. The zero-order valence-electron chi connectivity index (χ0n) is 18.4. The summed E-state index contributed by atoms with van der Waals surface area (Å²) in [6, 6.07) is 5.75. The molecule has 1 rings (SSSR count). The maximum absolute atomic E-state index is 12.4. The van der Waals surface area contributed by atoms with Gasteiger partial charge in [0.1, 0.15) is 6.04 Å². The molecule has 170 valence electrons. The highest BCUT2D eigenvalue weighted by molar-refractivity contribution is 5.94. The van der Waals surface area contributed by atoms with E-state index in [0.717, 1.165) is 5.56 Å². The molecule has 0 aliphatic rings. The molecule has 0 saturated heterocycles. The van der Waals surface area contributed by atoms with E-state index in [1.54, 1.807) is 31.3 Å². The van der Waals surface area contributed by atoms with Crippen LogP contribution in [0.25, 0.3) is 10.4 Å². The van der Waals surface area contributed by atoms with Gasteiger partial charge in [0.15, 0.2) is 0 Å². The highest BCUT2D eigenvalue weighted by atomic mass is 16.2. The van der Waals surface area contributed by atoms with Crippen molar-refractivity contribution in [2.45, 2.75) is 58.2 Å². The van der Waals surface area contributed by atoms with E-state index in [1.807, 2.05) is 13.8 Å². The number of unbranched alkanes of at least 4 members (excludes halogenated alkanes) is 1. The number of primary amides is 1. The summed E-state index contributed by atoms with van der Waals surface area (Å²) in [5, 5.41) is 12.0. The van der Waals surface area contributed by atoms with E-state index < -0.39 is 11.9 Å². The van der Waals surface area contributed by atoms with Crippen molar-refractivity contribution in [2.24, 2.45) is 16.8 Å². The Labute approximate surface area is 183 Å². The Bertz CT molecular complexity index is 791. The summed E-state index contributed by atoms with van der Waals surface area (Å²) in [6.45, 7) is 4.65. The molecular weight excluding hydrogens is 398 g/mol. The monoisotopic (exact) mass is 431 g/mol. The van der Waals surface area contributed by atoms with Crippen molar-refractivity contribution in [1.82, 2.24) is 16.0 Å². The van der Waals surface area contributed by atoms with Gasteiger partial charge in [-0.15, -0.1) is 0 Å². The topological polar surface area (TPSA) is 162 Å². The molecule has 2 atom stereocenters. The molecule has 0 saturated carbocycles. The first-order valence-corrected chi connectivity index (χ1v) is 10.4. The number of nitrogens with zero attached hydrogens (tertiary/aromatic N) is 3. The normalized spacial score (nSPS) is 12.5. The van der Waals surface area contributed by atoms with Crippen LogP contribution in [0.5, 0.6) is 0 Å². The Balaban J connectivity index is 2.45. The quantitative estimate of drug-likeness (QED) is 0.153. The molecule has 0 aliphatic carbocycles.